The highest BCUT2D eigenvalue weighted by atomic mass is 32.2. The van der Waals surface area contributed by atoms with E-state index in [1.165, 1.54) is 10.6 Å². The van der Waals surface area contributed by atoms with E-state index in [1.54, 1.807) is 13.2 Å². The van der Waals surface area contributed by atoms with Crippen LogP contribution in [0.1, 0.15) is 37.2 Å². The minimum atomic E-state index is -3.33. The first-order valence-electron chi connectivity index (χ1n) is 9.28. The predicted molar refractivity (Wildman–Crippen MR) is 103 cm³/mol. The van der Waals surface area contributed by atoms with Crippen molar-refractivity contribution in [1.29, 1.82) is 0 Å². The maximum absolute atomic E-state index is 12.3. The summed E-state index contributed by atoms with van der Waals surface area (Å²) in [6.45, 7) is 6.27. The molecule has 2 aromatic rings. The van der Waals surface area contributed by atoms with Crippen molar-refractivity contribution in [2.45, 2.75) is 38.8 Å². The molecule has 0 amide bonds. The molecule has 1 aliphatic heterocycles. The van der Waals surface area contributed by atoms with E-state index >= 15 is 0 Å². The molecule has 0 aliphatic carbocycles. The topological polar surface area (TPSA) is 102 Å². The first kappa shape index (κ1) is 20.7. The summed E-state index contributed by atoms with van der Waals surface area (Å²) in [4.78, 5) is 10.9. The lowest BCUT2D eigenvalue weighted by Crippen LogP contribution is -2.60. The number of pyridine rings is 1. The number of rotatable bonds is 9. The highest BCUT2D eigenvalue weighted by molar-refractivity contribution is 7.88. The fourth-order valence-electron chi connectivity index (χ4n) is 3.18. The Bertz CT molecular complexity index is 893. The Balaban J connectivity index is 1.56. The van der Waals surface area contributed by atoms with Gasteiger partial charge in [-0.2, -0.15) is 9.29 Å². The maximum atomic E-state index is 12.3. The summed E-state index contributed by atoms with van der Waals surface area (Å²) >= 11 is 0. The third-order valence-electron chi connectivity index (χ3n) is 4.68. The number of sulfonamides is 1. The average Bonchev–Trinajstić information content (AvgIpc) is 3.08. The Kier molecular flexibility index (Phi) is 6.31. The summed E-state index contributed by atoms with van der Waals surface area (Å²) < 4.78 is 36.4. The van der Waals surface area contributed by atoms with E-state index in [2.05, 4.69) is 20.0 Å². The van der Waals surface area contributed by atoms with Crippen LogP contribution in [0.25, 0.3) is 0 Å². The van der Waals surface area contributed by atoms with Crippen LogP contribution in [-0.2, 0) is 23.0 Å². The molecule has 2 aromatic heterocycles. The van der Waals surface area contributed by atoms with E-state index in [4.69, 9.17) is 9.26 Å². The van der Waals surface area contributed by atoms with Crippen molar-refractivity contribution in [3.8, 4) is 5.88 Å². The summed E-state index contributed by atoms with van der Waals surface area (Å²) in [7, 11) is -1.74. The van der Waals surface area contributed by atoms with Crippen LogP contribution in [-0.4, -0.2) is 71.8 Å². The van der Waals surface area contributed by atoms with E-state index in [0.29, 0.717) is 50.2 Å². The van der Waals surface area contributed by atoms with Gasteiger partial charge in [0.25, 0.3) is 0 Å². The average molecular weight is 410 g/mol. The van der Waals surface area contributed by atoms with Crippen LogP contribution in [0.3, 0.4) is 0 Å². The van der Waals surface area contributed by atoms with Crippen LogP contribution < -0.4 is 4.74 Å². The van der Waals surface area contributed by atoms with E-state index in [0.717, 1.165) is 5.69 Å². The Morgan fingerprint density at radius 3 is 2.68 bits per heavy atom. The Labute approximate surface area is 165 Å². The number of hydrogen-bond acceptors (Lipinski definition) is 8. The summed E-state index contributed by atoms with van der Waals surface area (Å²) in [5.74, 6) is 1.83. The third-order valence-corrected chi connectivity index (χ3v) is 6.01. The van der Waals surface area contributed by atoms with Crippen LogP contribution in [0.15, 0.2) is 22.7 Å². The van der Waals surface area contributed by atoms with Crippen molar-refractivity contribution in [1.82, 2.24) is 24.3 Å². The molecule has 0 bridgehead atoms. The van der Waals surface area contributed by atoms with Gasteiger partial charge in [0.15, 0.2) is 5.82 Å². The largest absolute Gasteiger partial charge is 0.481 e. The van der Waals surface area contributed by atoms with Crippen molar-refractivity contribution in [3.63, 3.8) is 0 Å². The minimum absolute atomic E-state index is 0.0583. The number of ether oxygens (including phenoxy) is 1. The smallest absolute Gasteiger partial charge is 0.229 e. The van der Waals surface area contributed by atoms with Gasteiger partial charge >= 0.3 is 0 Å². The molecule has 0 spiro atoms. The van der Waals surface area contributed by atoms with E-state index < -0.39 is 10.0 Å². The quantitative estimate of drug-likeness (QED) is 0.610. The van der Waals surface area contributed by atoms with Gasteiger partial charge in [-0.25, -0.2) is 13.4 Å². The molecule has 9 nitrogen and oxygen atoms in total. The molecule has 0 unspecified atom stereocenters. The van der Waals surface area contributed by atoms with Gasteiger partial charge < -0.3 is 9.26 Å². The zero-order valence-corrected chi connectivity index (χ0v) is 17.5. The SMILES string of the molecule is COc1cccc(CN2CC(N(CCc3noc(C(C)C)n3)S(C)(=O)=O)C2)n1. The van der Waals surface area contributed by atoms with Gasteiger partial charge in [0.05, 0.1) is 25.1 Å². The molecule has 0 saturated carbocycles. The summed E-state index contributed by atoms with van der Waals surface area (Å²) in [6, 6.07) is 5.58. The molecule has 0 N–H and O–H groups in total. The van der Waals surface area contributed by atoms with Crippen molar-refractivity contribution < 1.29 is 17.7 Å². The van der Waals surface area contributed by atoms with Crippen molar-refractivity contribution in [2.75, 3.05) is 33.0 Å². The Morgan fingerprint density at radius 2 is 2.07 bits per heavy atom. The van der Waals surface area contributed by atoms with Crippen molar-refractivity contribution >= 4 is 10.0 Å². The molecular weight excluding hydrogens is 382 g/mol. The number of aromatic nitrogens is 3. The van der Waals surface area contributed by atoms with Crippen LogP contribution >= 0.6 is 0 Å². The zero-order chi connectivity index (χ0) is 20.3. The molecule has 1 fully saturated rings. The fourth-order valence-corrected chi connectivity index (χ4v) is 4.27. The molecule has 3 rings (SSSR count). The third kappa shape index (κ3) is 5.06. The number of methoxy groups -OCH3 is 1. The number of nitrogens with zero attached hydrogens (tertiary/aromatic N) is 5. The molecule has 0 radical (unpaired) electrons. The summed E-state index contributed by atoms with van der Waals surface area (Å²) in [5, 5.41) is 3.94. The lowest BCUT2D eigenvalue weighted by molar-refractivity contribution is 0.0718. The van der Waals surface area contributed by atoms with Crippen molar-refractivity contribution in [2.24, 2.45) is 0 Å². The van der Waals surface area contributed by atoms with Gasteiger partial charge in [0.2, 0.25) is 21.8 Å². The van der Waals surface area contributed by atoms with Gasteiger partial charge in [-0.1, -0.05) is 25.1 Å². The molecule has 154 valence electrons. The van der Waals surface area contributed by atoms with Crippen LogP contribution in [0.5, 0.6) is 5.88 Å². The van der Waals surface area contributed by atoms with Gasteiger partial charge in [0, 0.05) is 44.6 Å². The highest BCUT2D eigenvalue weighted by Gasteiger charge is 2.36. The van der Waals surface area contributed by atoms with Crippen LogP contribution in [0.2, 0.25) is 0 Å². The first-order chi connectivity index (χ1) is 13.3. The second-order valence-electron chi connectivity index (χ2n) is 7.35. The lowest BCUT2D eigenvalue weighted by Gasteiger charge is -2.44. The molecule has 0 aromatic carbocycles. The normalized spacial score (nSPS) is 15.9. The summed E-state index contributed by atoms with van der Waals surface area (Å²) in [6.07, 6.45) is 1.67. The highest BCUT2D eigenvalue weighted by Crippen LogP contribution is 2.21. The first-order valence-corrected chi connectivity index (χ1v) is 11.1. The molecule has 28 heavy (non-hydrogen) atoms. The van der Waals surface area contributed by atoms with E-state index in [9.17, 15) is 8.42 Å². The zero-order valence-electron chi connectivity index (χ0n) is 16.7. The summed E-state index contributed by atoms with van der Waals surface area (Å²) in [5.41, 5.74) is 0.900. The molecule has 0 atom stereocenters. The maximum Gasteiger partial charge on any atom is 0.229 e. The van der Waals surface area contributed by atoms with Gasteiger partial charge in [-0.15, -0.1) is 0 Å². The van der Waals surface area contributed by atoms with Gasteiger partial charge in [-0.05, 0) is 6.07 Å². The fraction of sp³-hybridized carbons (Fsp3) is 0.611. The molecule has 1 aliphatic rings. The molecule has 10 heteroatoms. The number of hydrogen-bond donors (Lipinski definition) is 0. The second kappa shape index (κ2) is 8.54. The standard InChI is InChI=1S/C18H27N5O4S/c1-13(2)18-20-16(21-27-18)8-9-23(28(4,24)25)15-11-22(12-15)10-14-6-5-7-17(19-14)26-3/h5-7,13,15H,8-12H2,1-4H3. The Hall–Kier alpha value is -2.04. The van der Waals surface area contributed by atoms with Crippen LogP contribution in [0.4, 0.5) is 0 Å². The molecule has 1 saturated heterocycles. The van der Waals surface area contributed by atoms with E-state index in [-0.39, 0.29) is 12.0 Å². The lowest BCUT2D eigenvalue weighted by atomic mass is 10.1. The monoisotopic (exact) mass is 409 g/mol. The van der Waals surface area contributed by atoms with Gasteiger partial charge in [0.1, 0.15) is 0 Å². The van der Waals surface area contributed by atoms with Crippen molar-refractivity contribution in [3.05, 3.63) is 35.6 Å². The number of likely N-dealkylation sites (tertiary alicyclic amines) is 1. The second-order valence-corrected chi connectivity index (χ2v) is 9.28. The van der Waals surface area contributed by atoms with Gasteiger partial charge in [-0.3, -0.25) is 4.90 Å². The minimum Gasteiger partial charge on any atom is -0.481 e. The molecular formula is C18H27N5O4S. The Morgan fingerprint density at radius 1 is 1.32 bits per heavy atom. The predicted octanol–water partition coefficient (Wildman–Crippen LogP) is 1.29. The molecule has 3 heterocycles. The van der Waals surface area contributed by atoms with E-state index in [1.807, 2.05) is 26.0 Å². The van der Waals surface area contributed by atoms with Crippen LogP contribution in [0, 0.1) is 0 Å².